The number of aromatic nitrogens is 1. The highest BCUT2D eigenvalue weighted by atomic mass is 16.5. The maximum atomic E-state index is 6.07. The van der Waals surface area contributed by atoms with Crippen LogP contribution in [0.15, 0.2) is 18.5 Å². The van der Waals surface area contributed by atoms with E-state index in [4.69, 9.17) is 15.2 Å². The molecule has 1 unspecified atom stereocenters. The Bertz CT molecular complexity index is 312. The molecule has 0 spiro atoms. The Hall–Kier alpha value is -0.840. The van der Waals surface area contributed by atoms with Gasteiger partial charge in [0.15, 0.2) is 0 Å². The Morgan fingerprint density at radius 3 is 2.89 bits per heavy atom. The molecule has 1 rings (SSSR count). The summed E-state index contributed by atoms with van der Waals surface area (Å²) in [4.78, 5) is 0. The Morgan fingerprint density at radius 1 is 1.33 bits per heavy atom. The topological polar surface area (TPSA) is 49.4 Å². The van der Waals surface area contributed by atoms with Crippen LogP contribution in [0.3, 0.4) is 0 Å². The first-order valence-corrected chi connectivity index (χ1v) is 6.75. The Balaban J connectivity index is 2.19. The molecule has 0 aliphatic heterocycles. The number of nitrogens with two attached hydrogens (primary N) is 1. The number of hydrogen-bond acceptors (Lipinski definition) is 3. The summed E-state index contributed by atoms with van der Waals surface area (Å²) in [6, 6.07) is 2.27. The summed E-state index contributed by atoms with van der Waals surface area (Å²) >= 11 is 0. The van der Waals surface area contributed by atoms with Crippen molar-refractivity contribution in [2.24, 2.45) is 5.73 Å². The minimum atomic E-state index is 0.166. The van der Waals surface area contributed by atoms with E-state index in [1.165, 1.54) is 5.56 Å². The number of nitrogens with zero attached hydrogens (tertiary/aromatic N) is 1. The number of ether oxygens (including phenoxy) is 2. The molecule has 4 nitrogen and oxygen atoms in total. The van der Waals surface area contributed by atoms with Gasteiger partial charge in [0.05, 0.1) is 6.61 Å². The molecular formula is C14H26N2O2. The van der Waals surface area contributed by atoms with Gasteiger partial charge in [0, 0.05) is 45.3 Å². The summed E-state index contributed by atoms with van der Waals surface area (Å²) in [6.45, 7) is 5.30. The van der Waals surface area contributed by atoms with Crippen molar-refractivity contribution in [3.05, 3.63) is 24.0 Å². The lowest BCUT2D eigenvalue weighted by molar-refractivity contribution is 0.0977. The SMILES string of the molecule is CCCC(N)c1ccn(CCOCCCOC)c1. The molecule has 0 aliphatic carbocycles. The quantitative estimate of drug-likeness (QED) is 0.652. The van der Waals surface area contributed by atoms with Crippen LogP contribution < -0.4 is 5.73 Å². The third kappa shape index (κ3) is 5.67. The minimum Gasteiger partial charge on any atom is -0.385 e. The first-order chi connectivity index (χ1) is 8.77. The van der Waals surface area contributed by atoms with Crippen LogP contribution in [0.5, 0.6) is 0 Å². The van der Waals surface area contributed by atoms with Crippen molar-refractivity contribution in [1.82, 2.24) is 4.57 Å². The van der Waals surface area contributed by atoms with E-state index in [0.29, 0.717) is 0 Å². The molecule has 1 aromatic rings. The summed E-state index contributed by atoms with van der Waals surface area (Å²) in [5.41, 5.74) is 7.29. The van der Waals surface area contributed by atoms with Crippen molar-refractivity contribution in [1.29, 1.82) is 0 Å². The zero-order chi connectivity index (χ0) is 13.2. The van der Waals surface area contributed by atoms with E-state index in [0.717, 1.165) is 45.6 Å². The van der Waals surface area contributed by atoms with Gasteiger partial charge in [-0.3, -0.25) is 0 Å². The van der Waals surface area contributed by atoms with Crippen LogP contribution in [-0.2, 0) is 16.0 Å². The van der Waals surface area contributed by atoms with Gasteiger partial charge in [-0.25, -0.2) is 0 Å². The predicted octanol–water partition coefficient (Wildman–Crippen LogP) is 2.34. The molecular weight excluding hydrogens is 228 g/mol. The van der Waals surface area contributed by atoms with E-state index in [-0.39, 0.29) is 6.04 Å². The molecule has 0 amide bonds. The molecule has 1 heterocycles. The molecule has 0 aliphatic rings. The van der Waals surface area contributed by atoms with Gasteiger partial charge in [-0.2, -0.15) is 0 Å². The van der Waals surface area contributed by atoms with Crippen molar-refractivity contribution in [3.63, 3.8) is 0 Å². The molecule has 2 N–H and O–H groups in total. The third-order valence-corrected chi connectivity index (χ3v) is 2.93. The van der Waals surface area contributed by atoms with Gasteiger partial charge in [-0.05, 0) is 24.5 Å². The summed E-state index contributed by atoms with van der Waals surface area (Å²) in [5, 5.41) is 0. The molecule has 0 saturated carbocycles. The van der Waals surface area contributed by atoms with Gasteiger partial charge in [-0.15, -0.1) is 0 Å². The van der Waals surface area contributed by atoms with Gasteiger partial charge in [-0.1, -0.05) is 13.3 Å². The Morgan fingerprint density at radius 2 is 2.17 bits per heavy atom. The maximum Gasteiger partial charge on any atom is 0.0645 e. The van der Waals surface area contributed by atoms with Crippen LogP contribution in [0.4, 0.5) is 0 Å². The number of rotatable bonds is 10. The van der Waals surface area contributed by atoms with E-state index in [9.17, 15) is 0 Å². The third-order valence-electron chi connectivity index (χ3n) is 2.93. The molecule has 104 valence electrons. The van der Waals surface area contributed by atoms with Gasteiger partial charge in [0.1, 0.15) is 0 Å². The predicted molar refractivity (Wildman–Crippen MR) is 73.6 cm³/mol. The highest BCUT2D eigenvalue weighted by molar-refractivity contribution is 5.14. The number of hydrogen-bond donors (Lipinski definition) is 1. The first-order valence-electron chi connectivity index (χ1n) is 6.75. The Labute approximate surface area is 110 Å². The molecule has 0 fully saturated rings. The lowest BCUT2D eigenvalue weighted by atomic mass is 10.1. The normalized spacial score (nSPS) is 12.8. The van der Waals surface area contributed by atoms with Crippen molar-refractivity contribution in [2.45, 2.75) is 38.8 Å². The summed E-state index contributed by atoms with van der Waals surface area (Å²) in [7, 11) is 1.71. The van der Waals surface area contributed by atoms with Gasteiger partial charge < -0.3 is 19.8 Å². The summed E-state index contributed by atoms with van der Waals surface area (Å²) in [5.74, 6) is 0. The molecule has 1 atom stereocenters. The average molecular weight is 254 g/mol. The van der Waals surface area contributed by atoms with E-state index >= 15 is 0 Å². The van der Waals surface area contributed by atoms with Crippen LogP contribution in [0.25, 0.3) is 0 Å². The van der Waals surface area contributed by atoms with Gasteiger partial charge >= 0.3 is 0 Å². The second kappa shape index (κ2) is 9.14. The van der Waals surface area contributed by atoms with Crippen LogP contribution in [0.1, 0.15) is 37.8 Å². The van der Waals surface area contributed by atoms with Crippen molar-refractivity contribution in [2.75, 3.05) is 26.9 Å². The van der Waals surface area contributed by atoms with E-state index in [1.54, 1.807) is 7.11 Å². The first kappa shape index (κ1) is 15.2. The molecule has 0 aromatic carbocycles. The van der Waals surface area contributed by atoms with Crippen LogP contribution >= 0.6 is 0 Å². The lowest BCUT2D eigenvalue weighted by Gasteiger charge is -2.08. The zero-order valence-electron chi connectivity index (χ0n) is 11.6. The largest absolute Gasteiger partial charge is 0.385 e. The van der Waals surface area contributed by atoms with Gasteiger partial charge in [0.25, 0.3) is 0 Å². The standard InChI is InChI=1S/C14H26N2O2/c1-3-5-14(15)13-6-7-16(12-13)8-11-18-10-4-9-17-2/h6-7,12,14H,3-5,8-11,15H2,1-2H3. The summed E-state index contributed by atoms with van der Waals surface area (Å²) < 4.78 is 12.6. The smallest absolute Gasteiger partial charge is 0.0645 e. The molecule has 0 bridgehead atoms. The fraction of sp³-hybridized carbons (Fsp3) is 0.714. The lowest BCUT2D eigenvalue weighted by Crippen LogP contribution is -2.09. The molecule has 18 heavy (non-hydrogen) atoms. The highest BCUT2D eigenvalue weighted by Gasteiger charge is 2.05. The highest BCUT2D eigenvalue weighted by Crippen LogP contribution is 2.15. The molecule has 1 aromatic heterocycles. The zero-order valence-corrected chi connectivity index (χ0v) is 11.6. The Kier molecular flexibility index (Phi) is 7.73. The van der Waals surface area contributed by atoms with Crippen LogP contribution in [-0.4, -0.2) is 31.5 Å². The fourth-order valence-electron chi connectivity index (χ4n) is 1.87. The summed E-state index contributed by atoms with van der Waals surface area (Å²) in [6.07, 6.45) is 7.31. The van der Waals surface area contributed by atoms with Crippen molar-refractivity contribution in [3.8, 4) is 0 Å². The number of methoxy groups -OCH3 is 1. The van der Waals surface area contributed by atoms with Crippen molar-refractivity contribution >= 4 is 0 Å². The van der Waals surface area contributed by atoms with E-state index < -0.39 is 0 Å². The monoisotopic (exact) mass is 254 g/mol. The molecule has 0 saturated heterocycles. The minimum absolute atomic E-state index is 0.166. The van der Waals surface area contributed by atoms with Gasteiger partial charge in [0.2, 0.25) is 0 Å². The second-order valence-electron chi connectivity index (χ2n) is 4.54. The second-order valence-corrected chi connectivity index (χ2v) is 4.54. The van der Waals surface area contributed by atoms with E-state index in [1.807, 2.05) is 0 Å². The molecule has 0 radical (unpaired) electrons. The van der Waals surface area contributed by atoms with Crippen LogP contribution in [0.2, 0.25) is 0 Å². The molecule has 4 heteroatoms. The van der Waals surface area contributed by atoms with Crippen molar-refractivity contribution < 1.29 is 9.47 Å². The van der Waals surface area contributed by atoms with Crippen LogP contribution in [0, 0.1) is 0 Å². The fourth-order valence-corrected chi connectivity index (χ4v) is 1.87. The average Bonchev–Trinajstić information content (AvgIpc) is 2.83. The van der Waals surface area contributed by atoms with E-state index in [2.05, 4.69) is 30.0 Å². The maximum absolute atomic E-state index is 6.07.